The number of nitrogens with one attached hydrogen (secondary N) is 1. The first-order chi connectivity index (χ1) is 10.0. The van der Waals surface area contributed by atoms with Gasteiger partial charge in [0, 0.05) is 13.2 Å². The molecule has 1 aromatic carbocycles. The largest absolute Gasteiger partial charge is 0.492 e. The number of para-hydroxylation sites is 1. The van der Waals surface area contributed by atoms with Crippen LogP contribution in [0.2, 0.25) is 0 Å². The van der Waals surface area contributed by atoms with E-state index in [9.17, 15) is 4.79 Å². The predicted molar refractivity (Wildman–Crippen MR) is 82.2 cm³/mol. The number of fused-ring (bicyclic) bond motifs is 1. The minimum absolute atomic E-state index is 0.00577. The molecule has 0 bridgehead atoms. The van der Waals surface area contributed by atoms with Crippen LogP contribution in [0.5, 0.6) is 5.75 Å². The molecule has 2 rings (SSSR count). The monoisotopic (exact) mass is 291 g/mol. The predicted octanol–water partition coefficient (Wildman–Crippen LogP) is 2.15. The standard InChI is InChI=1S/C17H25NO3/c1-17(2,8-5-9-19)12-18-16(20)14-10-13-6-3-4-7-15(13)21-11-14/h3-4,6-7,14,19H,5,8-12H2,1-2H3,(H,18,20). The first-order valence-corrected chi connectivity index (χ1v) is 7.61. The molecule has 2 N–H and O–H groups in total. The summed E-state index contributed by atoms with van der Waals surface area (Å²) in [6.45, 7) is 5.49. The van der Waals surface area contributed by atoms with Crippen molar-refractivity contribution in [1.82, 2.24) is 5.32 Å². The van der Waals surface area contributed by atoms with Crippen LogP contribution in [-0.2, 0) is 11.2 Å². The van der Waals surface area contributed by atoms with Gasteiger partial charge in [-0.3, -0.25) is 4.79 Å². The topological polar surface area (TPSA) is 58.6 Å². The van der Waals surface area contributed by atoms with E-state index in [1.165, 1.54) is 0 Å². The fourth-order valence-corrected chi connectivity index (χ4v) is 2.61. The maximum Gasteiger partial charge on any atom is 0.226 e. The summed E-state index contributed by atoms with van der Waals surface area (Å²) in [6.07, 6.45) is 2.40. The molecule has 4 nitrogen and oxygen atoms in total. The highest BCUT2D eigenvalue weighted by atomic mass is 16.5. The van der Waals surface area contributed by atoms with E-state index < -0.39 is 0 Å². The molecule has 0 aromatic heterocycles. The second-order valence-corrected chi connectivity index (χ2v) is 6.53. The molecule has 1 atom stereocenters. The lowest BCUT2D eigenvalue weighted by atomic mass is 9.87. The zero-order valence-corrected chi connectivity index (χ0v) is 12.9. The molecule has 1 unspecified atom stereocenters. The maximum absolute atomic E-state index is 12.3. The number of carbonyl (C=O) groups is 1. The molecular formula is C17H25NO3. The molecule has 0 fully saturated rings. The third kappa shape index (κ3) is 4.46. The normalized spacial score (nSPS) is 17.8. The zero-order valence-electron chi connectivity index (χ0n) is 12.9. The highest BCUT2D eigenvalue weighted by Gasteiger charge is 2.27. The molecule has 0 spiro atoms. The molecule has 0 saturated carbocycles. The Hall–Kier alpha value is -1.55. The number of hydrogen-bond donors (Lipinski definition) is 2. The molecule has 1 aliphatic heterocycles. The number of hydrogen-bond acceptors (Lipinski definition) is 3. The van der Waals surface area contributed by atoms with Crippen molar-refractivity contribution >= 4 is 5.91 Å². The highest BCUT2D eigenvalue weighted by molar-refractivity contribution is 5.79. The molecule has 0 radical (unpaired) electrons. The number of aliphatic hydroxyl groups is 1. The molecular weight excluding hydrogens is 266 g/mol. The number of carbonyl (C=O) groups excluding carboxylic acids is 1. The van der Waals surface area contributed by atoms with E-state index in [-0.39, 0.29) is 23.8 Å². The fourth-order valence-electron chi connectivity index (χ4n) is 2.61. The Morgan fingerprint density at radius 3 is 2.95 bits per heavy atom. The lowest BCUT2D eigenvalue weighted by Gasteiger charge is -2.28. The zero-order chi connectivity index (χ0) is 15.3. The Morgan fingerprint density at radius 1 is 1.43 bits per heavy atom. The van der Waals surface area contributed by atoms with Gasteiger partial charge in [0.15, 0.2) is 0 Å². The average Bonchev–Trinajstić information content (AvgIpc) is 2.50. The Bertz CT molecular complexity index is 485. The van der Waals surface area contributed by atoms with Crippen LogP contribution < -0.4 is 10.1 Å². The molecule has 1 aromatic rings. The molecule has 1 aliphatic rings. The van der Waals surface area contributed by atoms with Crippen LogP contribution in [0.25, 0.3) is 0 Å². The first kappa shape index (κ1) is 15.8. The van der Waals surface area contributed by atoms with Gasteiger partial charge in [-0.05, 0) is 36.3 Å². The van der Waals surface area contributed by atoms with Gasteiger partial charge in [0.2, 0.25) is 5.91 Å². The highest BCUT2D eigenvalue weighted by Crippen LogP contribution is 2.27. The van der Waals surface area contributed by atoms with Crippen molar-refractivity contribution in [2.75, 3.05) is 19.8 Å². The summed E-state index contributed by atoms with van der Waals surface area (Å²) in [7, 11) is 0. The quantitative estimate of drug-likeness (QED) is 0.844. The number of ether oxygens (including phenoxy) is 1. The summed E-state index contributed by atoms with van der Waals surface area (Å²) in [5.41, 5.74) is 1.11. The van der Waals surface area contributed by atoms with Crippen molar-refractivity contribution in [2.24, 2.45) is 11.3 Å². The lowest BCUT2D eigenvalue weighted by molar-refractivity contribution is -0.126. The van der Waals surface area contributed by atoms with E-state index in [4.69, 9.17) is 9.84 Å². The second-order valence-electron chi connectivity index (χ2n) is 6.53. The molecule has 0 aliphatic carbocycles. The van der Waals surface area contributed by atoms with Gasteiger partial charge in [-0.15, -0.1) is 0 Å². The Kier molecular flexibility index (Phi) is 5.23. The van der Waals surface area contributed by atoms with Crippen LogP contribution in [0.1, 0.15) is 32.3 Å². The van der Waals surface area contributed by atoms with Crippen LogP contribution in [0.3, 0.4) is 0 Å². The van der Waals surface area contributed by atoms with E-state index in [0.29, 0.717) is 13.2 Å². The van der Waals surface area contributed by atoms with Gasteiger partial charge in [0.05, 0.1) is 5.92 Å². The van der Waals surface area contributed by atoms with Gasteiger partial charge in [-0.25, -0.2) is 0 Å². The summed E-state index contributed by atoms with van der Waals surface area (Å²) in [5, 5.41) is 11.9. The minimum atomic E-state index is -0.117. The average molecular weight is 291 g/mol. The Balaban J connectivity index is 1.85. The number of aliphatic hydroxyl groups excluding tert-OH is 1. The van der Waals surface area contributed by atoms with E-state index in [1.54, 1.807) is 0 Å². The van der Waals surface area contributed by atoms with Crippen molar-refractivity contribution in [3.63, 3.8) is 0 Å². The van der Waals surface area contributed by atoms with Gasteiger partial charge < -0.3 is 15.2 Å². The van der Waals surface area contributed by atoms with E-state index in [0.717, 1.165) is 30.6 Å². The van der Waals surface area contributed by atoms with Gasteiger partial charge in [0.25, 0.3) is 0 Å². The van der Waals surface area contributed by atoms with Crippen LogP contribution in [-0.4, -0.2) is 30.8 Å². The number of benzene rings is 1. The summed E-state index contributed by atoms with van der Waals surface area (Å²) in [6, 6.07) is 7.88. The van der Waals surface area contributed by atoms with E-state index in [1.807, 2.05) is 24.3 Å². The molecule has 1 amide bonds. The van der Waals surface area contributed by atoms with Crippen LogP contribution in [0.4, 0.5) is 0 Å². The maximum atomic E-state index is 12.3. The van der Waals surface area contributed by atoms with Crippen molar-refractivity contribution in [2.45, 2.75) is 33.1 Å². The summed E-state index contributed by atoms with van der Waals surface area (Å²) in [5.74, 6) is 0.833. The summed E-state index contributed by atoms with van der Waals surface area (Å²) in [4.78, 5) is 12.3. The Labute approximate surface area is 126 Å². The molecule has 116 valence electrons. The molecule has 1 heterocycles. The number of amides is 1. The van der Waals surface area contributed by atoms with E-state index >= 15 is 0 Å². The van der Waals surface area contributed by atoms with Crippen LogP contribution in [0.15, 0.2) is 24.3 Å². The summed E-state index contributed by atoms with van der Waals surface area (Å²) < 4.78 is 5.66. The van der Waals surface area contributed by atoms with Crippen molar-refractivity contribution in [3.05, 3.63) is 29.8 Å². The third-order valence-corrected chi connectivity index (χ3v) is 4.00. The van der Waals surface area contributed by atoms with Gasteiger partial charge in [-0.2, -0.15) is 0 Å². The number of rotatable bonds is 6. The fraction of sp³-hybridized carbons (Fsp3) is 0.588. The molecule has 0 saturated heterocycles. The van der Waals surface area contributed by atoms with Gasteiger partial charge in [0.1, 0.15) is 12.4 Å². The minimum Gasteiger partial charge on any atom is -0.492 e. The van der Waals surface area contributed by atoms with Crippen molar-refractivity contribution in [3.8, 4) is 5.75 Å². The van der Waals surface area contributed by atoms with Gasteiger partial charge >= 0.3 is 0 Å². The van der Waals surface area contributed by atoms with Crippen LogP contribution >= 0.6 is 0 Å². The first-order valence-electron chi connectivity index (χ1n) is 7.61. The molecule has 21 heavy (non-hydrogen) atoms. The van der Waals surface area contributed by atoms with E-state index in [2.05, 4.69) is 19.2 Å². The van der Waals surface area contributed by atoms with Crippen molar-refractivity contribution < 1.29 is 14.6 Å². The summed E-state index contributed by atoms with van der Waals surface area (Å²) >= 11 is 0. The smallest absolute Gasteiger partial charge is 0.226 e. The third-order valence-electron chi connectivity index (χ3n) is 4.00. The second kappa shape index (κ2) is 6.94. The Morgan fingerprint density at radius 2 is 2.19 bits per heavy atom. The SMILES string of the molecule is CC(C)(CCCO)CNC(=O)C1COc2ccccc2C1. The van der Waals surface area contributed by atoms with Crippen molar-refractivity contribution in [1.29, 1.82) is 0 Å². The molecule has 4 heteroatoms. The van der Waals surface area contributed by atoms with Crippen LogP contribution in [0, 0.1) is 11.3 Å². The van der Waals surface area contributed by atoms with Gasteiger partial charge in [-0.1, -0.05) is 32.0 Å². The lowest BCUT2D eigenvalue weighted by Crippen LogP contribution is -2.41.